The van der Waals surface area contributed by atoms with Crippen molar-refractivity contribution in [2.45, 2.75) is 11.4 Å². The topological polar surface area (TPSA) is 142 Å². The lowest BCUT2D eigenvalue weighted by Crippen LogP contribution is -2.27. The quantitative estimate of drug-likeness (QED) is 0.164. The number of non-ortho nitro benzene ring substituents is 1. The van der Waals surface area contributed by atoms with E-state index in [1.165, 1.54) is 30.3 Å². The normalized spacial score (nSPS) is 15.8. The monoisotopic (exact) mass is 574 g/mol. The van der Waals surface area contributed by atoms with Crippen molar-refractivity contribution < 1.29 is 36.6 Å². The number of amides is 2. The molecule has 0 atom stereocenters. The van der Waals surface area contributed by atoms with Crippen LogP contribution in [0.5, 0.6) is 17.2 Å². The second-order valence-electron chi connectivity index (χ2n) is 7.92. The van der Waals surface area contributed by atoms with Crippen molar-refractivity contribution in [2.75, 3.05) is 6.79 Å². The van der Waals surface area contributed by atoms with Gasteiger partial charge in [-0.15, -0.1) is 0 Å². The average molecular weight is 575 g/mol. The van der Waals surface area contributed by atoms with Crippen molar-refractivity contribution in [3.63, 3.8) is 0 Å². The van der Waals surface area contributed by atoms with E-state index in [4.69, 9.17) is 25.3 Å². The van der Waals surface area contributed by atoms with Crippen LogP contribution >= 0.6 is 23.4 Å². The largest absolute Gasteiger partial charge is 0.454 e. The number of hydrogen-bond donors (Lipinski definition) is 0. The van der Waals surface area contributed by atoms with Crippen LogP contribution in [-0.2, 0) is 21.5 Å². The van der Waals surface area contributed by atoms with Gasteiger partial charge in [0, 0.05) is 23.2 Å². The summed E-state index contributed by atoms with van der Waals surface area (Å²) in [6.07, 6.45) is 1.50. The molecule has 38 heavy (non-hydrogen) atoms. The number of benzene rings is 3. The van der Waals surface area contributed by atoms with Crippen molar-refractivity contribution >= 4 is 56.4 Å². The summed E-state index contributed by atoms with van der Waals surface area (Å²) in [5.74, 6) is 0.450. The smallest absolute Gasteiger partial charge is 0.339 e. The number of nitro benzene ring substituents is 1. The fraction of sp³-hybridized carbons (Fsp3) is 0.0833. The Morgan fingerprint density at radius 1 is 1.05 bits per heavy atom. The van der Waals surface area contributed by atoms with E-state index >= 15 is 0 Å². The first-order valence-electron chi connectivity index (χ1n) is 10.7. The minimum atomic E-state index is -4.23. The Hall–Kier alpha value is -4.07. The van der Waals surface area contributed by atoms with Crippen LogP contribution < -0.4 is 13.7 Å². The van der Waals surface area contributed by atoms with Crippen LogP contribution in [0.4, 0.5) is 10.5 Å². The van der Waals surface area contributed by atoms with Crippen molar-refractivity contribution in [3.8, 4) is 17.2 Å². The Morgan fingerprint density at radius 2 is 1.71 bits per heavy atom. The fourth-order valence-electron chi connectivity index (χ4n) is 3.57. The van der Waals surface area contributed by atoms with Crippen LogP contribution in [0.15, 0.2) is 70.5 Å². The summed E-state index contributed by atoms with van der Waals surface area (Å²) >= 11 is 7.05. The Balaban J connectivity index is 1.28. The third kappa shape index (κ3) is 5.16. The zero-order chi connectivity index (χ0) is 27.0. The number of nitro groups is 1. The number of hydrogen-bond acceptors (Lipinski definition) is 10. The first-order chi connectivity index (χ1) is 18.1. The molecule has 1 saturated heterocycles. The van der Waals surface area contributed by atoms with Gasteiger partial charge < -0.3 is 13.7 Å². The Morgan fingerprint density at radius 3 is 2.37 bits per heavy atom. The number of ether oxygens (including phenoxy) is 2. The van der Waals surface area contributed by atoms with Gasteiger partial charge in [0.05, 0.1) is 16.4 Å². The first kappa shape index (κ1) is 25.6. The minimum absolute atomic E-state index is 0.00828. The number of imide groups is 1. The highest BCUT2D eigenvalue weighted by molar-refractivity contribution is 8.18. The molecule has 0 saturated carbocycles. The summed E-state index contributed by atoms with van der Waals surface area (Å²) in [5.41, 5.74) is 0.795. The molecule has 0 aromatic heterocycles. The molecule has 0 unspecified atom stereocenters. The highest BCUT2D eigenvalue weighted by Gasteiger charge is 2.35. The predicted octanol–water partition coefficient (Wildman–Crippen LogP) is 4.98. The molecule has 2 aliphatic rings. The minimum Gasteiger partial charge on any atom is -0.454 e. The van der Waals surface area contributed by atoms with E-state index in [1.807, 2.05) is 0 Å². The molecular formula is C24H15ClN2O9S2. The lowest BCUT2D eigenvalue weighted by Gasteiger charge is -2.14. The van der Waals surface area contributed by atoms with Crippen LogP contribution in [0, 0.1) is 10.1 Å². The molecule has 194 valence electrons. The van der Waals surface area contributed by atoms with Gasteiger partial charge >= 0.3 is 10.1 Å². The number of rotatable bonds is 7. The number of nitrogens with zero attached hydrogens (tertiary/aromatic N) is 2. The first-order valence-corrected chi connectivity index (χ1v) is 13.3. The second-order valence-corrected chi connectivity index (χ2v) is 10.9. The van der Waals surface area contributed by atoms with Crippen LogP contribution in [0.2, 0.25) is 5.02 Å². The Labute approximate surface area is 224 Å². The zero-order valence-electron chi connectivity index (χ0n) is 19.0. The second kappa shape index (κ2) is 10.0. The predicted molar refractivity (Wildman–Crippen MR) is 136 cm³/mol. The molecule has 1 fully saturated rings. The van der Waals surface area contributed by atoms with Crippen LogP contribution in [0.25, 0.3) is 6.08 Å². The number of thioether (sulfide) groups is 1. The molecule has 2 heterocycles. The molecule has 2 amide bonds. The van der Waals surface area contributed by atoms with Crippen molar-refractivity contribution in [3.05, 3.63) is 91.8 Å². The van der Waals surface area contributed by atoms with E-state index in [2.05, 4.69) is 0 Å². The van der Waals surface area contributed by atoms with Gasteiger partial charge in [0.25, 0.3) is 16.8 Å². The number of carbonyl (C=O) groups excluding carboxylic acids is 2. The molecule has 3 aromatic rings. The zero-order valence-corrected chi connectivity index (χ0v) is 21.4. The van der Waals surface area contributed by atoms with Crippen LogP contribution in [0.3, 0.4) is 0 Å². The van der Waals surface area contributed by atoms with Crippen molar-refractivity contribution in [1.82, 2.24) is 4.90 Å². The maximum Gasteiger partial charge on any atom is 0.339 e. The highest BCUT2D eigenvalue weighted by Crippen LogP contribution is 2.39. The van der Waals surface area contributed by atoms with E-state index in [0.29, 0.717) is 27.6 Å². The summed E-state index contributed by atoms with van der Waals surface area (Å²) in [5, 5.41) is 10.6. The molecule has 2 aliphatic heterocycles. The molecule has 3 aromatic carbocycles. The van der Waals surface area contributed by atoms with E-state index in [0.717, 1.165) is 40.9 Å². The summed E-state index contributed by atoms with van der Waals surface area (Å²) in [6.45, 7) is 0.0109. The molecule has 0 spiro atoms. The van der Waals surface area contributed by atoms with Crippen LogP contribution in [0.1, 0.15) is 11.1 Å². The maximum atomic E-state index is 12.9. The van der Waals surface area contributed by atoms with Crippen LogP contribution in [-0.4, -0.2) is 36.2 Å². The molecule has 11 nitrogen and oxygen atoms in total. The summed E-state index contributed by atoms with van der Waals surface area (Å²) in [7, 11) is -4.23. The van der Waals surface area contributed by atoms with Gasteiger partial charge in [-0.2, -0.15) is 8.42 Å². The Bertz CT molecular complexity index is 1610. The molecule has 0 aliphatic carbocycles. The maximum absolute atomic E-state index is 12.9. The van der Waals surface area contributed by atoms with Gasteiger partial charge in [-0.25, -0.2) is 0 Å². The SMILES string of the molecule is O=C1S/C(=C\c2ccc(OS(=O)(=O)c3ccc([N+](=O)[O-])cc3)cc2)C(=O)N1Cc1cc2c(cc1Cl)OCO2. The molecule has 0 N–H and O–H groups in total. The third-order valence-corrected chi connectivity index (χ3v) is 7.98. The van der Waals surface area contributed by atoms with Gasteiger partial charge in [0.1, 0.15) is 10.6 Å². The van der Waals surface area contributed by atoms with E-state index < -0.39 is 26.2 Å². The van der Waals surface area contributed by atoms with Gasteiger partial charge in [-0.3, -0.25) is 24.6 Å². The lowest BCUT2D eigenvalue weighted by atomic mass is 10.1. The molecule has 0 radical (unpaired) electrons. The molecule has 0 bridgehead atoms. The van der Waals surface area contributed by atoms with E-state index in [9.17, 15) is 28.1 Å². The van der Waals surface area contributed by atoms with Gasteiger partial charge in [-0.1, -0.05) is 23.7 Å². The summed E-state index contributed by atoms with van der Waals surface area (Å²) in [6, 6.07) is 13.3. The van der Waals surface area contributed by atoms with E-state index in [1.54, 1.807) is 12.1 Å². The Kier molecular flexibility index (Phi) is 6.73. The fourth-order valence-corrected chi connectivity index (χ4v) is 5.55. The number of carbonyl (C=O) groups is 2. The molecule has 5 rings (SSSR count). The van der Waals surface area contributed by atoms with Crippen molar-refractivity contribution in [2.24, 2.45) is 0 Å². The lowest BCUT2D eigenvalue weighted by molar-refractivity contribution is -0.384. The van der Waals surface area contributed by atoms with Gasteiger partial charge in [-0.05, 0) is 59.3 Å². The molecular weight excluding hydrogens is 560 g/mol. The summed E-state index contributed by atoms with van der Waals surface area (Å²) in [4.78, 5) is 36.6. The standard InChI is InChI=1S/C24H15ClN2O9S2/c25-19-11-21-20(34-13-35-21)10-15(19)12-26-23(28)22(37-24(26)29)9-14-1-5-17(6-2-14)36-38(32,33)18-7-3-16(4-8-18)27(30)31/h1-11H,12-13H2/b22-9-. The summed E-state index contributed by atoms with van der Waals surface area (Å²) < 4.78 is 40.7. The molecule has 14 heteroatoms. The number of halogens is 1. The van der Waals surface area contributed by atoms with Crippen molar-refractivity contribution in [1.29, 1.82) is 0 Å². The van der Waals surface area contributed by atoms with E-state index in [-0.39, 0.29) is 34.6 Å². The highest BCUT2D eigenvalue weighted by atomic mass is 35.5. The average Bonchev–Trinajstić information content (AvgIpc) is 3.44. The number of fused-ring (bicyclic) bond motifs is 1. The van der Waals surface area contributed by atoms with Gasteiger partial charge in [0.15, 0.2) is 11.5 Å². The van der Waals surface area contributed by atoms with Gasteiger partial charge in [0.2, 0.25) is 6.79 Å². The third-order valence-electron chi connectivity index (χ3n) is 5.46.